The SMILES string of the molecule is COCCCC(N)C(=O)NCC1CCCO1. The van der Waals surface area contributed by atoms with Crippen LogP contribution in [0.5, 0.6) is 0 Å². The highest BCUT2D eigenvalue weighted by atomic mass is 16.5. The normalized spacial score (nSPS) is 22.0. The molecule has 5 nitrogen and oxygen atoms in total. The highest BCUT2D eigenvalue weighted by Gasteiger charge is 2.18. The second-order valence-corrected chi connectivity index (χ2v) is 4.12. The van der Waals surface area contributed by atoms with Gasteiger partial charge in [-0.15, -0.1) is 0 Å². The fourth-order valence-corrected chi connectivity index (χ4v) is 1.73. The van der Waals surface area contributed by atoms with Gasteiger partial charge in [-0.1, -0.05) is 0 Å². The molecule has 2 unspecified atom stereocenters. The molecule has 16 heavy (non-hydrogen) atoms. The molecule has 1 aliphatic rings. The Morgan fingerprint density at radius 1 is 1.69 bits per heavy atom. The molecular formula is C11H22N2O3. The molecule has 0 saturated carbocycles. The predicted molar refractivity (Wildman–Crippen MR) is 61.1 cm³/mol. The summed E-state index contributed by atoms with van der Waals surface area (Å²) in [6.45, 7) is 2.03. The van der Waals surface area contributed by atoms with Crippen LogP contribution in [0.4, 0.5) is 0 Å². The summed E-state index contributed by atoms with van der Waals surface area (Å²) >= 11 is 0. The van der Waals surface area contributed by atoms with Crippen molar-refractivity contribution in [1.29, 1.82) is 0 Å². The Balaban J connectivity index is 2.08. The van der Waals surface area contributed by atoms with Gasteiger partial charge < -0.3 is 20.5 Å². The van der Waals surface area contributed by atoms with Crippen molar-refractivity contribution in [2.24, 2.45) is 5.73 Å². The summed E-state index contributed by atoms with van der Waals surface area (Å²) in [7, 11) is 1.64. The molecule has 0 aromatic rings. The number of carbonyl (C=O) groups excluding carboxylic acids is 1. The van der Waals surface area contributed by atoms with Gasteiger partial charge in [-0.3, -0.25) is 4.79 Å². The van der Waals surface area contributed by atoms with Gasteiger partial charge in [0.15, 0.2) is 0 Å². The molecule has 0 aliphatic carbocycles. The maximum Gasteiger partial charge on any atom is 0.237 e. The quantitative estimate of drug-likeness (QED) is 0.605. The monoisotopic (exact) mass is 230 g/mol. The molecule has 0 spiro atoms. The summed E-state index contributed by atoms with van der Waals surface area (Å²) in [5.41, 5.74) is 5.73. The third kappa shape index (κ3) is 4.92. The lowest BCUT2D eigenvalue weighted by Gasteiger charge is -2.14. The van der Waals surface area contributed by atoms with Crippen molar-refractivity contribution in [1.82, 2.24) is 5.32 Å². The first kappa shape index (κ1) is 13.4. The summed E-state index contributed by atoms with van der Waals surface area (Å²) in [6, 6.07) is -0.434. The number of carbonyl (C=O) groups is 1. The Morgan fingerprint density at radius 3 is 3.12 bits per heavy atom. The van der Waals surface area contributed by atoms with Crippen molar-refractivity contribution in [3.05, 3.63) is 0 Å². The smallest absolute Gasteiger partial charge is 0.237 e. The van der Waals surface area contributed by atoms with Crippen LogP contribution in [0.2, 0.25) is 0 Å². The number of hydrogen-bond acceptors (Lipinski definition) is 4. The van der Waals surface area contributed by atoms with Crippen LogP contribution in [0.3, 0.4) is 0 Å². The van der Waals surface area contributed by atoms with Crippen molar-refractivity contribution in [3.63, 3.8) is 0 Å². The minimum Gasteiger partial charge on any atom is -0.385 e. The van der Waals surface area contributed by atoms with Crippen LogP contribution >= 0.6 is 0 Å². The van der Waals surface area contributed by atoms with E-state index in [4.69, 9.17) is 15.2 Å². The Kier molecular flexibility index (Phi) is 6.37. The van der Waals surface area contributed by atoms with Gasteiger partial charge in [0.1, 0.15) is 0 Å². The second-order valence-electron chi connectivity index (χ2n) is 4.12. The van der Waals surface area contributed by atoms with E-state index in [-0.39, 0.29) is 12.0 Å². The van der Waals surface area contributed by atoms with Crippen LogP contribution in [0, 0.1) is 0 Å². The maximum atomic E-state index is 11.6. The van der Waals surface area contributed by atoms with E-state index in [1.165, 1.54) is 0 Å². The minimum absolute atomic E-state index is 0.0911. The molecule has 1 fully saturated rings. The van der Waals surface area contributed by atoms with E-state index in [1.54, 1.807) is 7.11 Å². The predicted octanol–water partition coefficient (Wildman–Crippen LogP) is 0.0355. The van der Waals surface area contributed by atoms with E-state index in [1.807, 2.05) is 0 Å². The number of methoxy groups -OCH3 is 1. The van der Waals surface area contributed by atoms with Crippen molar-refractivity contribution in [2.45, 2.75) is 37.8 Å². The molecule has 1 aliphatic heterocycles. The first-order valence-corrected chi connectivity index (χ1v) is 5.88. The molecule has 1 rings (SSSR count). The minimum atomic E-state index is -0.434. The first-order valence-electron chi connectivity index (χ1n) is 5.88. The molecular weight excluding hydrogens is 208 g/mol. The second kappa shape index (κ2) is 7.60. The standard InChI is InChI=1S/C11H22N2O3/c1-15-6-3-5-10(12)11(14)13-8-9-4-2-7-16-9/h9-10H,2-8,12H2,1H3,(H,13,14). The summed E-state index contributed by atoms with van der Waals surface area (Å²) in [5.74, 6) is -0.0911. The van der Waals surface area contributed by atoms with Crippen LogP contribution in [0.25, 0.3) is 0 Å². The number of hydrogen-bond donors (Lipinski definition) is 2. The number of nitrogens with one attached hydrogen (secondary N) is 1. The molecule has 1 heterocycles. The van der Waals surface area contributed by atoms with E-state index in [0.29, 0.717) is 19.6 Å². The fourth-order valence-electron chi connectivity index (χ4n) is 1.73. The van der Waals surface area contributed by atoms with Gasteiger partial charge >= 0.3 is 0 Å². The lowest BCUT2D eigenvalue weighted by molar-refractivity contribution is -0.123. The highest BCUT2D eigenvalue weighted by Crippen LogP contribution is 2.10. The largest absolute Gasteiger partial charge is 0.385 e. The van der Waals surface area contributed by atoms with Gasteiger partial charge in [0.25, 0.3) is 0 Å². The Bertz CT molecular complexity index is 205. The topological polar surface area (TPSA) is 73.6 Å². The average Bonchev–Trinajstić information content (AvgIpc) is 2.79. The first-order chi connectivity index (χ1) is 7.74. The van der Waals surface area contributed by atoms with Crippen molar-refractivity contribution < 1.29 is 14.3 Å². The van der Waals surface area contributed by atoms with Gasteiger partial charge in [-0.2, -0.15) is 0 Å². The van der Waals surface area contributed by atoms with Crippen molar-refractivity contribution >= 4 is 5.91 Å². The highest BCUT2D eigenvalue weighted by molar-refractivity contribution is 5.81. The third-order valence-electron chi connectivity index (χ3n) is 2.73. The Morgan fingerprint density at radius 2 is 2.50 bits per heavy atom. The zero-order valence-corrected chi connectivity index (χ0v) is 9.91. The van der Waals surface area contributed by atoms with Crippen molar-refractivity contribution in [2.75, 3.05) is 26.9 Å². The number of nitrogens with two attached hydrogens (primary N) is 1. The zero-order chi connectivity index (χ0) is 11.8. The molecule has 1 saturated heterocycles. The molecule has 5 heteroatoms. The molecule has 3 N–H and O–H groups in total. The van der Waals surface area contributed by atoms with Gasteiger partial charge in [-0.25, -0.2) is 0 Å². The summed E-state index contributed by atoms with van der Waals surface area (Å²) < 4.78 is 10.3. The third-order valence-corrected chi connectivity index (χ3v) is 2.73. The van der Waals surface area contributed by atoms with Gasteiger partial charge in [0, 0.05) is 26.9 Å². The number of rotatable bonds is 7. The maximum absolute atomic E-state index is 11.6. The molecule has 1 amide bonds. The van der Waals surface area contributed by atoms with E-state index >= 15 is 0 Å². The van der Waals surface area contributed by atoms with Gasteiger partial charge in [-0.05, 0) is 25.7 Å². The van der Waals surface area contributed by atoms with E-state index < -0.39 is 6.04 Å². The van der Waals surface area contributed by atoms with Crippen molar-refractivity contribution in [3.8, 4) is 0 Å². The summed E-state index contributed by atoms with van der Waals surface area (Å²) in [6.07, 6.45) is 3.76. The average molecular weight is 230 g/mol. The molecule has 0 aromatic carbocycles. The lowest BCUT2D eigenvalue weighted by atomic mass is 10.1. The summed E-state index contributed by atoms with van der Waals surface area (Å²) in [4.78, 5) is 11.6. The van der Waals surface area contributed by atoms with E-state index in [2.05, 4.69) is 5.32 Å². The molecule has 2 atom stereocenters. The lowest BCUT2D eigenvalue weighted by Crippen LogP contribution is -2.43. The molecule has 0 aromatic heterocycles. The number of ether oxygens (including phenoxy) is 2. The van der Waals surface area contributed by atoms with E-state index in [9.17, 15) is 4.79 Å². The van der Waals surface area contributed by atoms with Crippen LogP contribution in [-0.4, -0.2) is 44.9 Å². The van der Waals surface area contributed by atoms with Crippen LogP contribution < -0.4 is 11.1 Å². The Hall–Kier alpha value is -0.650. The van der Waals surface area contributed by atoms with Crippen LogP contribution in [0.15, 0.2) is 0 Å². The van der Waals surface area contributed by atoms with Gasteiger partial charge in [0.05, 0.1) is 12.1 Å². The van der Waals surface area contributed by atoms with Crippen LogP contribution in [-0.2, 0) is 14.3 Å². The fraction of sp³-hybridized carbons (Fsp3) is 0.909. The molecule has 0 bridgehead atoms. The van der Waals surface area contributed by atoms with E-state index in [0.717, 1.165) is 25.9 Å². The van der Waals surface area contributed by atoms with Gasteiger partial charge in [0.2, 0.25) is 5.91 Å². The van der Waals surface area contributed by atoms with Crippen LogP contribution in [0.1, 0.15) is 25.7 Å². The number of amides is 1. The Labute approximate surface area is 96.7 Å². The summed E-state index contributed by atoms with van der Waals surface area (Å²) in [5, 5.41) is 2.82. The molecule has 0 radical (unpaired) electrons. The molecule has 94 valence electrons. The zero-order valence-electron chi connectivity index (χ0n) is 9.91.